The average molecular weight is 173 g/mol. The highest BCUT2D eigenvalue weighted by atomic mass is 16.5. The van der Waals surface area contributed by atoms with Crippen molar-refractivity contribution < 1.29 is 8.94 Å². The van der Waals surface area contributed by atoms with Gasteiger partial charge in [-0.15, -0.1) is 0 Å². The van der Waals surface area contributed by atoms with Crippen molar-refractivity contribution >= 4 is 21.9 Å². The summed E-state index contributed by atoms with van der Waals surface area (Å²) in [4.78, 5) is 0. The zero-order valence-electron chi connectivity index (χ0n) is 7.07. The van der Waals surface area contributed by atoms with Crippen LogP contribution in [0.2, 0.25) is 0 Å². The number of rotatable bonds is 0. The van der Waals surface area contributed by atoms with E-state index >= 15 is 0 Å². The third kappa shape index (κ3) is 0.758. The molecule has 0 aliphatic heterocycles. The lowest BCUT2D eigenvalue weighted by Gasteiger charge is -1.89. The van der Waals surface area contributed by atoms with Gasteiger partial charge in [0.2, 0.25) is 0 Å². The molecule has 13 heavy (non-hydrogen) atoms. The van der Waals surface area contributed by atoms with Crippen LogP contribution in [0.25, 0.3) is 21.9 Å². The quantitative estimate of drug-likeness (QED) is 0.524. The van der Waals surface area contributed by atoms with Gasteiger partial charge in [-0.2, -0.15) is 0 Å². The van der Waals surface area contributed by atoms with E-state index in [9.17, 15) is 0 Å². The summed E-state index contributed by atoms with van der Waals surface area (Å²) < 4.78 is 10.5. The minimum absolute atomic E-state index is 0.778. The first kappa shape index (κ1) is 6.71. The van der Waals surface area contributed by atoms with Crippen molar-refractivity contribution in [2.45, 2.75) is 6.92 Å². The van der Waals surface area contributed by atoms with E-state index in [1.807, 2.05) is 25.1 Å². The highest BCUT2D eigenvalue weighted by molar-refractivity contribution is 6.03. The van der Waals surface area contributed by atoms with Gasteiger partial charge in [-0.25, -0.2) is 0 Å². The van der Waals surface area contributed by atoms with Gasteiger partial charge in [-0.1, -0.05) is 5.16 Å². The van der Waals surface area contributed by atoms with E-state index in [0.29, 0.717) is 0 Å². The molecule has 0 aliphatic rings. The molecule has 0 spiro atoms. The lowest BCUT2D eigenvalue weighted by atomic mass is 10.1. The summed E-state index contributed by atoms with van der Waals surface area (Å²) >= 11 is 0. The maximum absolute atomic E-state index is 5.37. The number of benzene rings is 1. The fourth-order valence-corrected chi connectivity index (χ4v) is 1.60. The van der Waals surface area contributed by atoms with Gasteiger partial charge in [0.25, 0.3) is 0 Å². The molecule has 3 nitrogen and oxygen atoms in total. The fourth-order valence-electron chi connectivity index (χ4n) is 1.60. The van der Waals surface area contributed by atoms with Crippen LogP contribution in [-0.4, -0.2) is 5.16 Å². The standard InChI is InChI=1S/C10H7NO2/c1-6-9-8(13-11-6)3-2-7-4-5-12-10(7)9/h2-5H,1H3. The molecule has 3 aromatic rings. The molecule has 0 bridgehead atoms. The monoisotopic (exact) mass is 173 g/mol. The first-order valence-electron chi connectivity index (χ1n) is 4.08. The third-order valence-electron chi connectivity index (χ3n) is 2.23. The van der Waals surface area contributed by atoms with E-state index in [1.165, 1.54) is 0 Å². The average Bonchev–Trinajstić information content (AvgIpc) is 2.70. The van der Waals surface area contributed by atoms with Gasteiger partial charge >= 0.3 is 0 Å². The van der Waals surface area contributed by atoms with Gasteiger partial charge in [0.15, 0.2) is 5.58 Å². The maximum atomic E-state index is 5.37. The largest absolute Gasteiger partial charge is 0.463 e. The molecule has 0 atom stereocenters. The van der Waals surface area contributed by atoms with E-state index in [2.05, 4.69) is 5.16 Å². The van der Waals surface area contributed by atoms with Crippen molar-refractivity contribution in [3.8, 4) is 0 Å². The molecule has 0 radical (unpaired) electrons. The molecule has 0 unspecified atom stereocenters. The molecular weight excluding hydrogens is 166 g/mol. The Morgan fingerprint density at radius 1 is 1.23 bits per heavy atom. The SMILES string of the molecule is Cc1noc2ccc3ccoc3c12. The van der Waals surface area contributed by atoms with Crippen LogP contribution >= 0.6 is 0 Å². The Morgan fingerprint density at radius 3 is 3.08 bits per heavy atom. The Kier molecular flexibility index (Phi) is 1.10. The Bertz CT molecular complexity index is 577. The number of fused-ring (bicyclic) bond motifs is 3. The Balaban J connectivity index is 2.70. The van der Waals surface area contributed by atoms with Crippen molar-refractivity contribution in [3.05, 3.63) is 30.2 Å². The Hall–Kier alpha value is -1.77. The number of hydrogen-bond donors (Lipinski definition) is 0. The summed E-state index contributed by atoms with van der Waals surface area (Å²) in [5.41, 5.74) is 2.51. The van der Waals surface area contributed by atoms with Gasteiger partial charge in [-0.05, 0) is 25.1 Å². The number of aromatic nitrogens is 1. The molecule has 2 heterocycles. The van der Waals surface area contributed by atoms with Crippen LogP contribution in [0.1, 0.15) is 5.69 Å². The predicted octanol–water partition coefficient (Wildman–Crippen LogP) is 2.88. The molecule has 3 rings (SSSR count). The summed E-state index contributed by atoms with van der Waals surface area (Å²) in [6, 6.07) is 5.81. The smallest absolute Gasteiger partial charge is 0.170 e. The normalized spacial score (nSPS) is 11.5. The van der Waals surface area contributed by atoms with Crippen molar-refractivity contribution in [3.63, 3.8) is 0 Å². The van der Waals surface area contributed by atoms with Crippen LogP contribution in [0.15, 0.2) is 33.4 Å². The summed E-state index contributed by atoms with van der Waals surface area (Å²) in [5.74, 6) is 0. The summed E-state index contributed by atoms with van der Waals surface area (Å²) in [6.07, 6.45) is 1.68. The van der Waals surface area contributed by atoms with Crippen molar-refractivity contribution in [2.75, 3.05) is 0 Å². The minimum Gasteiger partial charge on any atom is -0.463 e. The van der Waals surface area contributed by atoms with E-state index in [0.717, 1.165) is 27.6 Å². The first-order chi connectivity index (χ1) is 6.36. The maximum Gasteiger partial charge on any atom is 0.170 e. The lowest BCUT2D eigenvalue weighted by Crippen LogP contribution is -1.70. The van der Waals surface area contributed by atoms with E-state index in [-0.39, 0.29) is 0 Å². The van der Waals surface area contributed by atoms with Crippen LogP contribution in [0.3, 0.4) is 0 Å². The van der Waals surface area contributed by atoms with Crippen LogP contribution in [0, 0.1) is 6.92 Å². The molecule has 1 aromatic carbocycles. The fraction of sp³-hybridized carbons (Fsp3) is 0.100. The van der Waals surface area contributed by atoms with Crippen molar-refractivity contribution in [1.82, 2.24) is 5.16 Å². The first-order valence-corrected chi connectivity index (χ1v) is 4.08. The summed E-state index contributed by atoms with van der Waals surface area (Å²) in [7, 11) is 0. The third-order valence-corrected chi connectivity index (χ3v) is 2.23. The molecule has 0 fully saturated rings. The van der Waals surface area contributed by atoms with E-state index in [4.69, 9.17) is 8.94 Å². The molecule has 0 saturated carbocycles. The highest BCUT2D eigenvalue weighted by Crippen LogP contribution is 2.28. The molecule has 0 saturated heterocycles. The molecule has 2 aromatic heterocycles. The van der Waals surface area contributed by atoms with Gasteiger partial charge in [0, 0.05) is 5.39 Å². The number of nitrogens with zero attached hydrogens (tertiary/aromatic N) is 1. The van der Waals surface area contributed by atoms with Crippen molar-refractivity contribution in [1.29, 1.82) is 0 Å². The molecular formula is C10H7NO2. The molecule has 64 valence electrons. The van der Waals surface area contributed by atoms with Crippen LogP contribution in [-0.2, 0) is 0 Å². The van der Waals surface area contributed by atoms with Crippen LogP contribution in [0.4, 0.5) is 0 Å². The minimum atomic E-state index is 0.778. The molecule has 0 N–H and O–H groups in total. The molecule has 3 heteroatoms. The second kappa shape index (κ2) is 2.13. The second-order valence-electron chi connectivity index (χ2n) is 3.05. The predicted molar refractivity (Wildman–Crippen MR) is 48.5 cm³/mol. The highest BCUT2D eigenvalue weighted by Gasteiger charge is 2.09. The Labute approximate surface area is 73.9 Å². The molecule has 0 amide bonds. The Morgan fingerprint density at radius 2 is 2.15 bits per heavy atom. The van der Waals surface area contributed by atoms with E-state index < -0.39 is 0 Å². The van der Waals surface area contributed by atoms with Crippen LogP contribution in [0.5, 0.6) is 0 Å². The van der Waals surface area contributed by atoms with E-state index in [1.54, 1.807) is 6.26 Å². The van der Waals surface area contributed by atoms with Crippen molar-refractivity contribution in [2.24, 2.45) is 0 Å². The van der Waals surface area contributed by atoms with Gasteiger partial charge < -0.3 is 8.94 Å². The number of furan rings is 1. The number of aryl methyl sites for hydroxylation is 1. The van der Waals surface area contributed by atoms with Gasteiger partial charge in [0.05, 0.1) is 17.3 Å². The summed E-state index contributed by atoms with van der Waals surface area (Å²) in [5, 5.41) is 5.95. The lowest BCUT2D eigenvalue weighted by molar-refractivity contribution is 0.450. The topological polar surface area (TPSA) is 39.2 Å². The summed E-state index contributed by atoms with van der Waals surface area (Å²) in [6.45, 7) is 1.91. The molecule has 0 aliphatic carbocycles. The van der Waals surface area contributed by atoms with Gasteiger partial charge in [0.1, 0.15) is 5.58 Å². The van der Waals surface area contributed by atoms with Crippen LogP contribution < -0.4 is 0 Å². The zero-order valence-corrected chi connectivity index (χ0v) is 7.07. The second-order valence-corrected chi connectivity index (χ2v) is 3.05. The number of hydrogen-bond acceptors (Lipinski definition) is 3. The zero-order chi connectivity index (χ0) is 8.84. The van der Waals surface area contributed by atoms with Gasteiger partial charge in [-0.3, -0.25) is 0 Å².